The van der Waals surface area contributed by atoms with Crippen LogP contribution in [0.1, 0.15) is 22.7 Å². The van der Waals surface area contributed by atoms with Gasteiger partial charge >= 0.3 is 0 Å². The number of likely N-dealkylation sites (N-methyl/N-ethyl adjacent to an activating group) is 1. The molecule has 0 aliphatic rings. The maximum Gasteiger partial charge on any atom is 0.126 e. The second-order valence-electron chi connectivity index (χ2n) is 4.33. The summed E-state index contributed by atoms with van der Waals surface area (Å²) >= 11 is 0. The molecule has 2 aromatic rings. The van der Waals surface area contributed by atoms with Crippen molar-refractivity contribution in [2.75, 3.05) is 12.8 Å². The summed E-state index contributed by atoms with van der Waals surface area (Å²) in [5, 5.41) is 3.32. The van der Waals surface area contributed by atoms with Crippen molar-refractivity contribution in [1.29, 1.82) is 0 Å². The van der Waals surface area contributed by atoms with E-state index in [1.54, 1.807) is 6.20 Å². The van der Waals surface area contributed by atoms with Crippen molar-refractivity contribution in [2.45, 2.75) is 19.4 Å². The number of hydrogen-bond donors (Lipinski definition) is 2. The summed E-state index contributed by atoms with van der Waals surface area (Å²) in [5.41, 5.74) is 9.38. The number of pyridine rings is 2. The zero-order valence-corrected chi connectivity index (χ0v) is 10.7. The Morgan fingerprint density at radius 3 is 2.83 bits per heavy atom. The molecule has 4 nitrogen and oxygen atoms in total. The first kappa shape index (κ1) is 12.5. The molecule has 0 aliphatic carbocycles. The summed E-state index contributed by atoms with van der Waals surface area (Å²) in [5.74, 6) is 0.601. The van der Waals surface area contributed by atoms with Crippen molar-refractivity contribution >= 4 is 5.82 Å². The molecule has 0 spiro atoms. The molecule has 0 aliphatic heterocycles. The lowest BCUT2D eigenvalue weighted by Gasteiger charge is -2.19. The Bertz CT molecular complexity index is 525. The highest BCUT2D eigenvalue weighted by Crippen LogP contribution is 2.22. The Labute approximate surface area is 107 Å². The topological polar surface area (TPSA) is 63.8 Å². The summed E-state index contributed by atoms with van der Waals surface area (Å²) in [6, 6.07) is 6.20. The van der Waals surface area contributed by atoms with E-state index in [1.807, 2.05) is 37.6 Å². The molecule has 0 bridgehead atoms. The lowest BCUT2D eigenvalue weighted by molar-refractivity contribution is 0.588. The minimum Gasteiger partial charge on any atom is -0.383 e. The monoisotopic (exact) mass is 242 g/mol. The zero-order valence-electron chi connectivity index (χ0n) is 10.7. The van der Waals surface area contributed by atoms with Crippen LogP contribution in [0, 0.1) is 6.92 Å². The molecule has 0 amide bonds. The van der Waals surface area contributed by atoms with Crippen LogP contribution < -0.4 is 11.1 Å². The van der Waals surface area contributed by atoms with Gasteiger partial charge in [0, 0.05) is 24.6 Å². The molecule has 0 radical (unpaired) electrons. The van der Waals surface area contributed by atoms with Crippen molar-refractivity contribution in [1.82, 2.24) is 15.3 Å². The molecule has 2 aromatic heterocycles. The summed E-state index contributed by atoms with van der Waals surface area (Å²) in [6.45, 7) is 2.07. The van der Waals surface area contributed by atoms with Crippen molar-refractivity contribution in [2.24, 2.45) is 0 Å². The smallest absolute Gasteiger partial charge is 0.126 e. The number of anilines is 1. The minimum absolute atomic E-state index is 0.222. The minimum atomic E-state index is 0.222. The van der Waals surface area contributed by atoms with Gasteiger partial charge in [-0.2, -0.15) is 0 Å². The van der Waals surface area contributed by atoms with Crippen LogP contribution in [-0.2, 0) is 6.42 Å². The van der Waals surface area contributed by atoms with E-state index in [4.69, 9.17) is 5.73 Å². The Hall–Kier alpha value is -1.94. The molecule has 0 fully saturated rings. The SMILES string of the molecule is CNC(Cc1cccnc1N)c1ccncc1C. The highest BCUT2D eigenvalue weighted by molar-refractivity contribution is 5.40. The zero-order chi connectivity index (χ0) is 13.0. The summed E-state index contributed by atoms with van der Waals surface area (Å²) in [4.78, 5) is 8.24. The van der Waals surface area contributed by atoms with Crippen molar-refractivity contribution in [3.8, 4) is 0 Å². The molecule has 94 valence electrons. The fraction of sp³-hybridized carbons (Fsp3) is 0.286. The number of nitrogen functional groups attached to an aromatic ring is 1. The maximum absolute atomic E-state index is 5.89. The van der Waals surface area contributed by atoms with E-state index >= 15 is 0 Å². The van der Waals surface area contributed by atoms with Crippen LogP contribution in [0.25, 0.3) is 0 Å². The number of rotatable bonds is 4. The van der Waals surface area contributed by atoms with Crippen LogP contribution >= 0.6 is 0 Å². The number of nitrogens with zero attached hydrogens (tertiary/aromatic N) is 2. The third kappa shape index (κ3) is 2.65. The number of aryl methyl sites for hydroxylation is 1. The number of aromatic nitrogens is 2. The van der Waals surface area contributed by atoms with Gasteiger partial charge in [0.25, 0.3) is 0 Å². The molecule has 2 heterocycles. The second-order valence-corrected chi connectivity index (χ2v) is 4.33. The predicted octanol–water partition coefficient (Wildman–Crippen LogP) is 1.87. The van der Waals surface area contributed by atoms with Crippen molar-refractivity contribution < 1.29 is 0 Å². The van der Waals surface area contributed by atoms with Gasteiger partial charge in [-0.15, -0.1) is 0 Å². The average Bonchev–Trinajstić information content (AvgIpc) is 2.39. The maximum atomic E-state index is 5.89. The van der Waals surface area contributed by atoms with E-state index in [0.717, 1.165) is 12.0 Å². The molecular formula is C14H18N4. The van der Waals surface area contributed by atoms with Crippen molar-refractivity contribution in [3.63, 3.8) is 0 Å². The molecule has 0 saturated heterocycles. The predicted molar refractivity (Wildman–Crippen MR) is 73.1 cm³/mol. The summed E-state index contributed by atoms with van der Waals surface area (Å²) in [6.07, 6.45) is 6.23. The Balaban J connectivity index is 2.26. The van der Waals surface area contributed by atoms with Gasteiger partial charge in [-0.3, -0.25) is 4.98 Å². The van der Waals surface area contributed by atoms with Gasteiger partial charge in [-0.25, -0.2) is 4.98 Å². The lowest BCUT2D eigenvalue weighted by atomic mass is 9.97. The van der Waals surface area contributed by atoms with Crippen LogP contribution in [0.4, 0.5) is 5.82 Å². The highest BCUT2D eigenvalue weighted by atomic mass is 14.9. The van der Waals surface area contributed by atoms with Gasteiger partial charge in [-0.1, -0.05) is 6.07 Å². The molecular weight excluding hydrogens is 224 g/mol. The first-order valence-electron chi connectivity index (χ1n) is 5.99. The Kier molecular flexibility index (Phi) is 3.89. The van der Waals surface area contributed by atoms with Crippen LogP contribution in [0.2, 0.25) is 0 Å². The molecule has 3 N–H and O–H groups in total. The highest BCUT2D eigenvalue weighted by Gasteiger charge is 2.13. The Morgan fingerprint density at radius 1 is 1.33 bits per heavy atom. The van der Waals surface area contributed by atoms with Crippen LogP contribution in [-0.4, -0.2) is 17.0 Å². The molecule has 0 aromatic carbocycles. The van der Waals surface area contributed by atoms with Gasteiger partial charge in [0.15, 0.2) is 0 Å². The van der Waals surface area contributed by atoms with Gasteiger partial charge in [0.2, 0.25) is 0 Å². The third-order valence-corrected chi connectivity index (χ3v) is 3.14. The molecule has 1 atom stereocenters. The van der Waals surface area contributed by atoms with E-state index < -0.39 is 0 Å². The van der Waals surface area contributed by atoms with E-state index in [0.29, 0.717) is 5.82 Å². The lowest BCUT2D eigenvalue weighted by Crippen LogP contribution is -2.20. The van der Waals surface area contributed by atoms with E-state index in [-0.39, 0.29) is 6.04 Å². The van der Waals surface area contributed by atoms with Gasteiger partial charge in [0.1, 0.15) is 5.82 Å². The number of hydrogen-bond acceptors (Lipinski definition) is 4. The average molecular weight is 242 g/mol. The molecule has 4 heteroatoms. The number of nitrogens with two attached hydrogens (primary N) is 1. The third-order valence-electron chi connectivity index (χ3n) is 3.14. The quantitative estimate of drug-likeness (QED) is 0.859. The van der Waals surface area contributed by atoms with E-state index in [9.17, 15) is 0 Å². The first-order chi connectivity index (χ1) is 8.72. The standard InChI is InChI=1S/C14H18N4/c1-10-9-17-7-5-12(10)13(16-2)8-11-4-3-6-18-14(11)15/h3-7,9,13,16H,8H2,1-2H3,(H2,15,18). The summed E-state index contributed by atoms with van der Waals surface area (Å²) < 4.78 is 0. The van der Waals surface area contributed by atoms with Crippen molar-refractivity contribution in [3.05, 3.63) is 53.5 Å². The fourth-order valence-corrected chi connectivity index (χ4v) is 2.09. The second kappa shape index (κ2) is 5.60. The molecule has 1 unspecified atom stereocenters. The first-order valence-corrected chi connectivity index (χ1v) is 5.99. The van der Waals surface area contributed by atoms with Gasteiger partial charge < -0.3 is 11.1 Å². The normalized spacial score (nSPS) is 12.3. The van der Waals surface area contributed by atoms with Crippen LogP contribution in [0.3, 0.4) is 0 Å². The summed E-state index contributed by atoms with van der Waals surface area (Å²) in [7, 11) is 1.96. The van der Waals surface area contributed by atoms with Crippen LogP contribution in [0.15, 0.2) is 36.8 Å². The Morgan fingerprint density at radius 2 is 2.17 bits per heavy atom. The molecule has 0 saturated carbocycles. The fourth-order valence-electron chi connectivity index (χ4n) is 2.09. The molecule has 2 rings (SSSR count). The van der Waals surface area contributed by atoms with Gasteiger partial charge in [-0.05, 0) is 49.2 Å². The van der Waals surface area contributed by atoms with Crippen LogP contribution in [0.5, 0.6) is 0 Å². The van der Waals surface area contributed by atoms with E-state index in [1.165, 1.54) is 11.1 Å². The molecule has 18 heavy (non-hydrogen) atoms. The van der Waals surface area contributed by atoms with E-state index in [2.05, 4.69) is 22.2 Å². The largest absolute Gasteiger partial charge is 0.383 e. The van der Waals surface area contributed by atoms with Gasteiger partial charge in [0.05, 0.1) is 0 Å². The number of nitrogens with one attached hydrogen (secondary N) is 1.